The van der Waals surface area contributed by atoms with E-state index in [0.29, 0.717) is 37.1 Å². The third-order valence-corrected chi connectivity index (χ3v) is 6.82. The van der Waals surface area contributed by atoms with Crippen LogP contribution >= 0.6 is 0 Å². The average Bonchev–Trinajstić information content (AvgIpc) is 2.83. The van der Waals surface area contributed by atoms with E-state index in [0.717, 1.165) is 50.4 Å². The topological polar surface area (TPSA) is 92.7 Å². The number of rotatable bonds is 6. The number of nitrogens with one attached hydrogen (secondary N) is 1. The van der Waals surface area contributed by atoms with Gasteiger partial charge in [0, 0.05) is 56.8 Å². The van der Waals surface area contributed by atoms with Crippen LogP contribution in [0.4, 0.5) is 26.2 Å². The Morgan fingerprint density at radius 1 is 1.20 bits per heavy atom. The molecule has 0 atom stereocenters. The molecular weight excluding hydrogens is 458 g/mol. The van der Waals surface area contributed by atoms with Crippen LogP contribution < -0.4 is 15.0 Å². The number of halogens is 2. The lowest BCUT2D eigenvalue weighted by molar-refractivity contribution is -0.131. The van der Waals surface area contributed by atoms with Crippen LogP contribution in [0.15, 0.2) is 30.5 Å². The number of carbonyl (C=O) groups is 1. The molecule has 2 aromatic heterocycles. The number of hydrogen-bond donors (Lipinski definition) is 1. The summed E-state index contributed by atoms with van der Waals surface area (Å²) in [6.45, 7) is 3.15. The minimum Gasteiger partial charge on any atom is -0.435 e. The van der Waals surface area contributed by atoms with E-state index in [2.05, 4.69) is 24.9 Å². The van der Waals surface area contributed by atoms with Crippen LogP contribution in [0.25, 0.3) is 5.57 Å². The Morgan fingerprint density at radius 3 is 2.69 bits per heavy atom. The molecule has 0 aromatic carbocycles. The zero-order valence-corrected chi connectivity index (χ0v) is 19.5. The molecule has 1 N–H and O–H groups in total. The first-order valence-electron chi connectivity index (χ1n) is 11.7. The van der Waals surface area contributed by atoms with Crippen molar-refractivity contribution in [2.75, 3.05) is 49.6 Å². The van der Waals surface area contributed by atoms with Crippen molar-refractivity contribution in [3.05, 3.63) is 36.3 Å². The molecule has 1 spiro atoms. The molecule has 3 aliphatic heterocycles. The van der Waals surface area contributed by atoms with Crippen LogP contribution in [-0.2, 0) is 9.53 Å². The quantitative estimate of drug-likeness (QED) is 0.664. The molecule has 5 heterocycles. The Balaban J connectivity index is 1.36. The molecule has 1 amide bonds. The molecule has 186 valence electrons. The summed E-state index contributed by atoms with van der Waals surface area (Å²) in [5.41, 5.74) is 1.21. The van der Waals surface area contributed by atoms with Crippen LogP contribution in [0.3, 0.4) is 0 Å². The number of aromatic nitrogens is 3. The number of alkyl halides is 2. The number of hydrogen-bond acceptors (Lipinski definition) is 8. The minimum absolute atomic E-state index is 0.0146. The van der Waals surface area contributed by atoms with Gasteiger partial charge in [-0.3, -0.25) is 4.79 Å². The maximum atomic E-state index is 12.6. The normalized spacial score (nSPS) is 19.4. The Kier molecular flexibility index (Phi) is 6.50. The summed E-state index contributed by atoms with van der Waals surface area (Å²) >= 11 is 0. The first kappa shape index (κ1) is 23.4. The summed E-state index contributed by atoms with van der Waals surface area (Å²) in [5, 5.41) is 3.11. The second-order valence-electron chi connectivity index (χ2n) is 9.23. The van der Waals surface area contributed by atoms with Crippen molar-refractivity contribution in [3.8, 4) is 5.75 Å². The molecule has 5 rings (SSSR count). The van der Waals surface area contributed by atoms with Gasteiger partial charge in [-0.05, 0) is 30.9 Å². The molecule has 2 fully saturated rings. The SMILES string of the molecule is CC(=O)N1CCC2(CC1)CN(c1cc(Nc3cc(OC(F)F)ccn3)nc(C3=CCOCC3)n1)C2. The molecule has 0 radical (unpaired) electrons. The van der Waals surface area contributed by atoms with Crippen LogP contribution in [0.5, 0.6) is 5.75 Å². The number of amides is 1. The van der Waals surface area contributed by atoms with Crippen molar-refractivity contribution in [2.45, 2.75) is 32.8 Å². The van der Waals surface area contributed by atoms with E-state index in [1.54, 1.807) is 6.92 Å². The van der Waals surface area contributed by atoms with Crippen molar-refractivity contribution < 1.29 is 23.0 Å². The zero-order chi connectivity index (χ0) is 24.4. The molecule has 2 saturated heterocycles. The summed E-state index contributed by atoms with van der Waals surface area (Å²) < 4.78 is 35.1. The van der Waals surface area contributed by atoms with Crippen molar-refractivity contribution in [1.29, 1.82) is 0 Å². The van der Waals surface area contributed by atoms with Gasteiger partial charge in [0.05, 0.1) is 13.2 Å². The lowest BCUT2D eigenvalue weighted by atomic mass is 9.72. The smallest absolute Gasteiger partial charge is 0.387 e. The lowest BCUT2D eigenvalue weighted by Gasteiger charge is -2.54. The van der Waals surface area contributed by atoms with Gasteiger partial charge in [-0.25, -0.2) is 15.0 Å². The Labute approximate surface area is 202 Å². The molecule has 0 unspecified atom stereocenters. The highest BCUT2D eigenvalue weighted by molar-refractivity contribution is 5.73. The van der Waals surface area contributed by atoms with Gasteiger partial charge in [-0.15, -0.1) is 0 Å². The van der Waals surface area contributed by atoms with Gasteiger partial charge in [0.25, 0.3) is 0 Å². The third-order valence-electron chi connectivity index (χ3n) is 6.82. The molecule has 0 saturated carbocycles. The van der Waals surface area contributed by atoms with Crippen LogP contribution in [0.1, 0.15) is 32.0 Å². The van der Waals surface area contributed by atoms with Crippen molar-refractivity contribution in [2.24, 2.45) is 5.41 Å². The van der Waals surface area contributed by atoms with E-state index >= 15 is 0 Å². The van der Waals surface area contributed by atoms with E-state index < -0.39 is 6.61 Å². The second-order valence-corrected chi connectivity index (χ2v) is 9.23. The van der Waals surface area contributed by atoms with Crippen LogP contribution in [-0.4, -0.2) is 71.8 Å². The number of carbonyl (C=O) groups excluding carboxylic acids is 1. The van der Waals surface area contributed by atoms with Gasteiger partial charge >= 0.3 is 6.61 Å². The first-order valence-corrected chi connectivity index (χ1v) is 11.7. The number of pyridine rings is 1. The van der Waals surface area contributed by atoms with Gasteiger partial charge in [0.15, 0.2) is 5.82 Å². The summed E-state index contributed by atoms with van der Waals surface area (Å²) in [4.78, 5) is 29.5. The van der Waals surface area contributed by atoms with Crippen LogP contribution in [0, 0.1) is 5.41 Å². The van der Waals surface area contributed by atoms with E-state index in [4.69, 9.17) is 9.72 Å². The lowest BCUT2D eigenvalue weighted by Crippen LogP contribution is -2.61. The number of piperidine rings is 1. The molecule has 3 aliphatic rings. The molecule has 0 bridgehead atoms. The fourth-order valence-corrected chi connectivity index (χ4v) is 4.86. The van der Waals surface area contributed by atoms with E-state index in [-0.39, 0.29) is 17.1 Å². The standard InChI is InChI=1S/C24H28F2N6O3/c1-16(33)31-8-5-24(6-9-31)14-32(15-24)21-13-20(29-22(30-21)17-3-10-34-11-4-17)28-19-12-18(2-7-27-19)35-23(25)26/h2-3,7,12-13,23H,4-6,8-11,14-15H2,1H3,(H,27,28,29,30). The van der Waals surface area contributed by atoms with Gasteiger partial charge in [0.2, 0.25) is 5.91 Å². The Bertz CT molecular complexity index is 1110. The number of anilines is 3. The molecule has 0 aliphatic carbocycles. The maximum Gasteiger partial charge on any atom is 0.387 e. The molecule has 11 heteroatoms. The van der Waals surface area contributed by atoms with Crippen molar-refractivity contribution in [1.82, 2.24) is 19.9 Å². The predicted octanol–water partition coefficient (Wildman–Crippen LogP) is 3.47. The number of likely N-dealkylation sites (tertiary alicyclic amines) is 1. The van der Waals surface area contributed by atoms with Gasteiger partial charge in [0.1, 0.15) is 23.2 Å². The van der Waals surface area contributed by atoms with Crippen LogP contribution in [0.2, 0.25) is 0 Å². The van der Waals surface area contributed by atoms with E-state index in [1.165, 1.54) is 18.3 Å². The molecule has 9 nitrogen and oxygen atoms in total. The van der Waals surface area contributed by atoms with Crippen molar-refractivity contribution in [3.63, 3.8) is 0 Å². The summed E-state index contributed by atoms with van der Waals surface area (Å²) in [6.07, 6.45) is 6.06. The zero-order valence-electron chi connectivity index (χ0n) is 19.5. The number of ether oxygens (including phenoxy) is 2. The first-order chi connectivity index (χ1) is 16.9. The van der Waals surface area contributed by atoms with Gasteiger partial charge in [-0.2, -0.15) is 8.78 Å². The van der Waals surface area contributed by atoms with E-state index in [9.17, 15) is 13.6 Å². The largest absolute Gasteiger partial charge is 0.435 e. The minimum atomic E-state index is -2.91. The summed E-state index contributed by atoms with van der Waals surface area (Å²) in [7, 11) is 0. The average molecular weight is 487 g/mol. The fraction of sp³-hybridized carbons (Fsp3) is 0.500. The van der Waals surface area contributed by atoms with Crippen molar-refractivity contribution >= 4 is 28.9 Å². The van der Waals surface area contributed by atoms with Gasteiger partial charge in [-0.1, -0.05) is 6.08 Å². The Hall–Kier alpha value is -3.34. The summed E-state index contributed by atoms with van der Waals surface area (Å²) in [6, 6.07) is 4.63. The Morgan fingerprint density at radius 2 is 2.00 bits per heavy atom. The highest BCUT2D eigenvalue weighted by Gasteiger charge is 2.45. The second kappa shape index (κ2) is 9.73. The predicted molar refractivity (Wildman–Crippen MR) is 126 cm³/mol. The highest BCUT2D eigenvalue weighted by atomic mass is 19.3. The third kappa shape index (κ3) is 5.34. The van der Waals surface area contributed by atoms with Gasteiger partial charge < -0.3 is 24.6 Å². The fourth-order valence-electron chi connectivity index (χ4n) is 4.86. The van der Waals surface area contributed by atoms with E-state index in [1.807, 2.05) is 17.0 Å². The number of nitrogens with zero attached hydrogens (tertiary/aromatic N) is 5. The molecule has 2 aromatic rings. The molecular formula is C24H28F2N6O3. The monoisotopic (exact) mass is 486 g/mol. The maximum absolute atomic E-state index is 12.6. The summed E-state index contributed by atoms with van der Waals surface area (Å²) in [5.74, 6) is 2.42. The highest BCUT2D eigenvalue weighted by Crippen LogP contribution is 2.42. The molecule has 35 heavy (non-hydrogen) atoms.